The molecule has 5 nitrogen and oxygen atoms in total. The normalized spacial score (nSPS) is 11.1. The number of carbonyl (C=O) groups excluding carboxylic acids is 1. The van der Waals surface area contributed by atoms with Crippen molar-refractivity contribution in [2.75, 3.05) is 5.73 Å². The highest BCUT2D eigenvalue weighted by molar-refractivity contribution is 5.94. The quantitative estimate of drug-likeness (QED) is 0.156. The van der Waals surface area contributed by atoms with Crippen LogP contribution in [-0.4, -0.2) is 15.9 Å². The standard InChI is InChI=1S/C22H12F5N3O2/c1-9-2-3-11(21(31)32-20-18(26)16(24)15(23)17(25)19(20)27)7-13(9)10-4-5-14-12(6-10)8-29-22(28)30-14/h2-8H,1H3,(H2,28,29,30). The molecule has 4 aromatic rings. The lowest BCUT2D eigenvalue weighted by Gasteiger charge is -2.11. The number of benzene rings is 3. The summed E-state index contributed by atoms with van der Waals surface area (Å²) >= 11 is 0. The first-order chi connectivity index (χ1) is 15.2. The zero-order valence-corrected chi connectivity index (χ0v) is 16.2. The highest BCUT2D eigenvalue weighted by Gasteiger charge is 2.29. The maximum absolute atomic E-state index is 13.8. The van der Waals surface area contributed by atoms with Crippen molar-refractivity contribution in [2.24, 2.45) is 0 Å². The molecule has 0 aliphatic rings. The van der Waals surface area contributed by atoms with Gasteiger partial charge in [-0.3, -0.25) is 0 Å². The Morgan fingerprint density at radius 1 is 0.906 bits per heavy atom. The van der Waals surface area contributed by atoms with Crippen molar-refractivity contribution < 1.29 is 31.5 Å². The molecule has 0 fully saturated rings. The highest BCUT2D eigenvalue weighted by Crippen LogP contribution is 2.31. The second kappa shape index (κ2) is 7.88. The van der Waals surface area contributed by atoms with Crippen LogP contribution in [0.25, 0.3) is 22.0 Å². The van der Waals surface area contributed by atoms with E-state index in [1.165, 1.54) is 18.3 Å². The molecule has 4 rings (SSSR count). The average molecular weight is 445 g/mol. The fourth-order valence-corrected chi connectivity index (χ4v) is 3.10. The van der Waals surface area contributed by atoms with Gasteiger partial charge in [-0.05, 0) is 47.9 Å². The SMILES string of the molecule is Cc1ccc(C(=O)Oc2c(F)c(F)c(F)c(F)c2F)cc1-c1ccc2nc(N)ncc2c1. The van der Waals surface area contributed by atoms with Gasteiger partial charge in [-0.25, -0.2) is 27.9 Å². The Kier molecular flexibility index (Phi) is 5.21. The number of hydrogen-bond donors (Lipinski definition) is 1. The molecular weight excluding hydrogens is 433 g/mol. The molecule has 0 unspecified atom stereocenters. The van der Waals surface area contributed by atoms with Gasteiger partial charge in [-0.15, -0.1) is 0 Å². The maximum atomic E-state index is 13.8. The molecule has 0 bridgehead atoms. The van der Waals surface area contributed by atoms with E-state index in [2.05, 4.69) is 14.7 Å². The summed E-state index contributed by atoms with van der Waals surface area (Å²) < 4.78 is 72.2. The van der Waals surface area contributed by atoms with Gasteiger partial charge in [-0.1, -0.05) is 12.1 Å². The lowest BCUT2D eigenvalue weighted by atomic mass is 9.97. The summed E-state index contributed by atoms with van der Waals surface area (Å²) in [5, 5.41) is 0.672. The number of rotatable bonds is 3. The second-order valence-corrected chi connectivity index (χ2v) is 6.82. The van der Waals surface area contributed by atoms with E-state index >= 15 is 0 Å². The number of hydrogen-bond acceptors (Lipinski definition) is 5. The van der Waals surface area contributed by atoms with E-state index in [-0.39, 0.29) is 11.5 Å². The van der Waals surface area contributed by atoms with Crippen molar-refractivity contribution in [3.63, 3.8) is 0 Å². The molecule has 0 aliphatic carbocycles. The van der Waals surface area contributed by atoms with Gasteiger partial charge in [-0.2, -0.15) is 8.78 Å². The summed E-state index contributed by atoms with van der Waals surface area (Å²) in [5.41, 5.74) is 7.97. The van der Waals surface area contributed by atoms with Gasteiger partial charge in [0.25, 0.3) is 0 Å². The van der Waals surface area contributed by atoms with Crippen LogP contribution in [0.2, 0.25) is 0 Å². The van der Waals surface area contributed by atoms with Crippen LogP contribution in [0.4, 0.5) is 27.9 Å². The monoisotopic (exact) mass is 445 g/mol. The molecule has 0 radical (unpaired) electrons. The van der Waals surface area contributed by atoms with Crippen molar-refractivity contribution >= 4 is 22.8 Å². The number of ether oxygens (including phenoxy) is 1. The van der Waals surface area contributed by atoms with Crippen LogP contribution in [0.15, 0.2) is 42.6 Å². The Hall–Kier alpha value is -4.08. The third-order valence-electron chi connectivity index (χ3n) is 4.75. The molecule has 0 aliphatic heterocycles. The zero-order valence-electron chi connectivity index (χ0n) is 16.2. The van der Waals surface area contributed by atoms with E-state index in [1.807, 2.05) is 0 Å². The van der Waals surface area contributed by atoms with Crippen LogP contribution in [-0.2, 0) is 0 Å². The molecule has 2 N–H and O–H groups in total. The predicted molar refractivity (Wildman–Crippen MR) is 105 cm³/mol. The number of nitrogen functional groups attached to an aromatic ring is 1. The van der Waals surface area contributed by atoms with Crippen molar-refractivity contribution in [1.29, 1.82) is 0 Å². The van der Waals surface area contributed by atoms with Crippen LogP contribution in [0.3, 0.4) is 0 Å². The molecule has 1 aromatic heterocycles. The van der Waals surface area contributed by atoms with Crippen molar-refractivity contribution in [3.8, 4) is 16.9 Å². The molecule has 0 atom stereocenters. The number of anilines is 1. The zero-order chi connectivity index (χ0) is 23.2. The first-order valence-corrected chi connectivity index (χ1v) is 9.04. The molecule has 162 valence electrons. The van der Waals surface area contributed by atoms with Crippen LogP contribution in [0.1, 0.15) is 15.9 Å². The Balaban J connectivity index is 1.72. The molecule has 0 saturated heterocycles. The van der Waals surface area contributed by atoms with Crippen LogP contribution in [0, 0.1) is 36.0 Å². The summed E-state index contributed by atoms with van der Waals surface area (Å²) in [6.07, 6.45) is 1.53. The molecule has 0 spiro atoms. The number of carbonyl (C=O) groups is 1. The Labute approximate surface area is 177 Å². The first-order valence-electron chi connectivity index (χ1n) is 9.04. The smallest absolute Gasteiger partial charge is 0.343 e. The molecule has 32 heavy (non-hydrogen) atoms. The maximum Gasteiger partial charge on any atom is 0.343 e. The van der Waals surface area contributed by atoms with E-state index in [9.17, 15) is 26.7 Å². The van der Waals surface area contributed by atoms with Crippen LogP contribution >= 0.6 is 0 Å². The highest BCUT2D eigenvalue weighted by atomic mass is 19.2. The Bertz CT molecular complexity index is 1380. The first kappa shape index (κ1) is 21.2. The van der Waals surface area contributed by atoms with E-state index in [0.29, 0.717) is 22.0 Å². The fraction of sp³-hybridized carbons (Fsp3) is 0.0455. The van der Waals surface area contributed by atoms with E-state index < -0.39 is 40.8 Å². The number of nitrogens with two attached hydrogens (primary N) is 1. The van der Waals surface area contributed by atoms with Gasteiger partial charge in [0.15, 0.2) is 0 Å². The summed E-state index contributed by atoms with van der Waals surface area (Å²) in [5.74, 6) is -14.1. The lowest BCUT2D eigenvalue weighted by molar-refractivity contribution is 0.0716. The Morgan fingerprint density at radius 2 is 1.56 bits per heavy atom. The number of aromatic nitrogens is 2. The van der Waals surface area contributed by atoms with Gasteiger partial charge >= 0.3 is 5.97 Å². The average Bonchev–Trinajstić information content (AvgIpc) is 2.79. The van der Waals surface area contributed by atoms with Crippen molar-refractivity contribution in [2.45, 2.75) is 6.92 Å². The molecule has 1 heterocycles. The number of halogens is 5. The summed E-state index contributed by atoms with van der Waals surface area (Å²) in [4.78, 5) is 20.5. The summed E-state index contributed by atoms with van der Waals surface area (Å²) in [6.45, 7) is 1.76. The summed E-state index contributed by atoms with van der Waals surface area (Å²) in [6, 6.07) is 9.39. The number of fused-ring (bicyclic) bond motifs is 1. The molecule has 0 amide bonds. The number of esters is 1. The van der Waals surface area contributed by atoms with Gasteiger partial charge < -0.3 is 10.5 Å². The minimum atomic E-state index is -2.35. The van der Waals surface area contributed by atoms with Crippen molar-refractivity contribution in [1.82, 2.24) is 9.97 Å². The Morgan fingerprint density at radius 3 is 2.25 bits per heavy atom. The van der Waals surface area contributed by atoms with E-state index in [1.54, 1.807) is 31.2 Å². The summed E-state index contributed by atoms with van der Waals surface area (Å²) in [7, 11) is 0. The van der Waals surface area contributed by atoms with Gasteiger partial charge in [0, 0.05) is 11.6 Å². The van der Waals surface area contributed by atoms with Crippen LogP contribution in [0.5, 0.6) is 5.75 Å². The fourth-order valence-electron chi connectivity index (χ4n) is 3.10. The minimum Gasteiger partial charge on any atom is -0.416 e. The number of aryl methyl sites for hydroxylation is 1. The molecule has 3 aromatic carbocycles. The lowest BCUT2D eigenvalue weighted by Crippen LogP contribution is -2.14. The van der Waals surface area contributed by atoms with Gasteiger partial charge in [0.1, 0.15) is 0 Å². The largest absolute Gasteiger partial charge is 0.416 e. The predicted octanol–water partition coefficient (Wildman–Crippen LogP) is 5.10. The second-order valence-electron chi connectivity index (χ2n) is 6.82. The molecule has 0 saturated carbocycles. The molecule has 10 heteroatoms. The topological polar surface area (TPSA) is 78.1 Å². The van der Waals surface area contributed by atoms with Crippen molar-refractivity contribution in [3.05, 3.63) is 82.8 Å². The van der Waals surface area contributed by atoms with E-state index in [0.717, 1.165) is 5.56 Å². The minimum absolute atomic E-state index is 0.110. The van der Waals surface area contributed by atoms with Gasteiger partial charge in [0.05, 0.1) is 11.1 Å². The van der Waals surface area contributed by atoms with Gasteiger partial charge in [0.2, 0.25) is 40.8 Å². The number of nitrogens with zero attached hydrogens (tertiary/aromatic N) is 2. The van der Waals surface area contributed by atoms with E-state index in [4.69, 9.17) is 5.73 Å². The molecular formula is C22H12F5N3O2. The van der Waals surface area contributed by atoms with Crippen LogP contribution < -0.4 is 10.5 Å². The third kappa shape index (κ3) is 3.59. The third-order valence-corrected chi connectivity index (χ3v) is 4.75.